The lowest BCUT2D eigenvalue weighted by atomic mass is 10.3. The highest BCUT2D eigenvalue weighted by Crippen LogP contribution is 2.27. The molecule has 1 aromatic carbocycles. The number of benzene rings is 1. The lowest BCUT2D eigenvalue weighted by Crippen LogP contribution is -1.97. The van der Waals surface area contributed by atoms with Crippen LogP contribution in [0, 0.1) is 0 Å². The normalized spacial score (nSPS) is 11.9. The van der Waals surface area contributed by atoms with Gasteiger partial charge in [0.25, 0.3) is 10.1 Å². The van der Waals surface area contributed by atoms with E-state index in [0.29, 0.717) is 10.6 Å². The van der Waals surface area contributed by atoms with Gasteiger partial charge in [-0.05, 0) is 18.2 Å². The fraction of sp³-hybridized carbons (Fsp3) is 0.125. The van der Waals surface area contributed by atoms with Gasteiger partial charge in [0.1, 0.15) is 0 Å². The third-order valence-corrected chi connectivity index (χ3v) is 3.77. The summed E-state index contributed by atoms with van der Waals surface area (Å²) in [5.74, 6) is 0. The summed E-state index contributed by atoms with van der Waals surface area (Å²) >= 11 is 1.42. The lowest BCUT2D eigenvalue weighted by molar-refractivity contribution is 0.483. The van der Waals surface area contributed by atoms with Gasteiger partial charge in [-0.25, -0.2) is 4.98 Å². The maximum atomic E-state index is 10.9. The van der Waals surface area contributed by atoms with Gasteiger partial charge >= 0.3 is 0 Å². The molecule has 5 nitrogen and oxygen atoms in total. The van der Waals surface area contributed by atoms with Crippen LogP contribution >= 0.6 is 11.3 Å². The Morgan fingerprint density at radius 3 is 2.80 bits per heavy atom. The average molecular weight is 244 g/mol. The standard InChI is InChI=1S/C8H8N2O3S2/c1-9-8-10-6-4-5(15(11,12)13)2-3-7(6)14-8/h2-4H,1H3,(H,9,10)(H,11,12,13). The second-order valence-electron chi connectivity index (χ2n) is 2.87. The molecule has 2 aromatic rings. The molecule has 15 heavy (non-hydrogen) atoms. The average Bonchev–Trinajstić information content (AvgIpc) is 2.57. The van der Waals surface area contributed by atoms with Crippen molar-refractivity contribution in [3.05, 3.63) is 18.2 Å². The summed E-state index contributed by atoms with van der Waals surface area (Å²) in [6.07, 6.45) is 0. The third-order valence-electron chi connectivity index (χ3n) is 1.87. The first-order valence-electron chi connectivity index (χ1n) is 4.06. The Kier molecular flexibility index (Phi) is 2.37. The lowest BCUT2D eigenvalue weighted by Gasteiger charge is -1.94. The van der Waals surface area contributed by atoms with Crippen molar-refractivity contribution < 1.29 is 13.0 Å². The van der Waals surface area contributed by atoms with E-state index in [0.717, 1.165) is 4.70 Å². The Balaban J connectivity index is 2.66. The van der Waals surface area contributed by atoms with Crippen LogP contribution in [0.25, 0.3) is 10.2 Å². The quantitative estimate of drug-likeness (QED) is 0.784. The molecule has 0 aliphatic heterocycles. The van der Waals surface area contributed by atoms with Gasteiger partial charge in [-0.3, -0.25) is 4.55 Å². The van der Waals surface area contributed by atoms with Gasteiger partial charge in [-0.2, -0.15) is 8.42 Å². The molecule has 0 aliphatic carbocycles. The summed E-state index contributed by atoms with van der Waals surface area (Å²) < 4.78 is 31.4. The molecule has 1 heterocycles. The molecular weight excluding hydrogens is 236 g/mol. The van der Waals surface area contributed by atoms with E-state index in [2.05, 4.69) is 10.3 Å². The molecule has 0 amide bonds. The van der Waals surface area contributed by atoms with Crippen LogP contribution in [0.4, 0.5) is 5.13 Å². The molecule has 0 atom stereocenters. The van der Waals surface area contributed by atoms with Crippen molar-refractivity contribution in [1.29, 1.82) is 0 Å². The molecule has 0 fully saturated rings. The van der Waals surface area contributed by atoms with E-state index >= 15 is 0 Å². The molecule has 0 aliphatic rings. The Hall–Kier alpha value is -1.18. The highest BCUT2D eigenvalue weighted by Gasteiger charge is 2.11. The maximum Gasteiger partial charge on any atom is 0.294 e. The molecule has 0 bridgehead atoms. The number of fused-ring (bicyclic) bond motifs is 1. The number of anilines is 1. The summed E-state index contributed by atoms with van der Waals surface area (Å²) in [7, 11) is -2.41. The smallest absolute Gasteiger partial charge is 0.294 e. The number of nitrogens with zero attached hydrogens (tertiary/aromatic N) is 1. The van der Waals surface area contributed by atoms with Crippen molar-refractivity contribution in [2.45, 2.75) is 4.90 Å². The number of hydrogen-bond donors (Lipinski definition) is 2. The number of thiazole rings is 1. The molecule has 80 valence electrons. The molecule has 1 aromatic heterocycles. The fourth-order valence-corrected chi connectivity index (χ4v) is 2.47. The summed E-state index contributed by atoms with van der Waals surface area (Å²) in [4.78, 5) is 4.00. The van der Waals surface area contributed by atoms with Crippen LogP contribution in [0.15, 0.2) is 23.1 Å². The Morgan fingerprint density at radius 1 is 1.47 bits per heavy atom. The van der Waals surface area contributed by atoms with Gasteiger partial charge in [0.05, 0.1) is 15.1 Å². The zero-order valence-electron chi connectivity index (χ0n) is 7.76. The molecule has 7 heteroatoms. The summed E-state index contributed by atoms with van der Waals surface area (Å²) in [6.45, 7) is 0. The van der Waals surface area contributed by atoms with Crippen molar-refractivity contribution >= 4 is 36.8 Å². The summed E-state index contributed by atoms with van der Waals surface area (Å²) in [6, 6.07) is 4.33. The first-order valence-corrected chi connectivity index (χ1v) is 6.32. The molecule has 0 saturated carbocycles. The van der Waals surface area contributed by atoms with E-state index < -0.39 is 10.1 Å². The molecule has 2 rings (SSSR count). The predicted octanol–water partition coefficient (Wildman–Crippen LogP) is 1.58. The molecule has 0 spiro atoms. The van der Waals surface area contributed by atoms with Crippen LogP contribution in [-0.4, -0.2) is 25.0 Å². The highest BCUT2D eigenvalue weighted by atomic mass is 32.2. The van der Waals surface area contributed by atoms with Gasteiger partial charge in [0, 0.05) is 7.05 Å². The van der Waals surface area contributed by atoms with Crippen molar-refractivity contribution in [2.24, 2.45) is 0 Å². The van der Waals surface area contributed by atoms with Crippen molar-refractivity contribution in [2.75, 3.05) is 12.4 Å². The SMILES string of the molecule is CNc1nc2cc(S(=O)(=O)O)ccc2s1. The van der Waals surface area contributed by atoms with Crippen LogP contribution in [0.2, 0.25) is 0 Å². The van der Waals surface area contributed by atoms with E-state index in [9.17, 15) is 8.42 Å². The third kappa shape index (κ3) is 1.94. The van der Waals surface area contributed by atoms with E-state index in [1.54, 1.807) is 13.1 Å². The van der Waals surface area contributed by atoms with Crippen LogP contribution in [0.3, 0.4) is 0 Å². The van der Waals surface area contributed by atoms with E-state index in [-0.39, 0.29) is 4.90 Å². The largest absolute Gasteiger partial charge is 0.365 e. The molecule has 0 saturated heterocycles. The van der Waals surface area contributed by atoms with Crippen LogP contribution in [-0.2, 0) is 10.1 Å². The van der Waals surface area contributed by atoms with E-state index in [1.807, 2.05) is 0 Å². The van der Waals surface area contributed by atoms with Crippen molar-refractivity contribution in [3.8, 4) is 0 Å². The minimum atomic E-state index is -4.15. The van der Waals surface area contributed by atoms with Gasteiger partial charge in [0.2, 0.25) is 0 Å². The topological polar surface area (TPSA) is 79.3 Å². The number of hydrogen-bond acceptors (Lipinski definition) is 5. The predicted molar refractivity (Wildman–Crippen MR) is 59.0 cm³/mol. The number of nitrogens with one attached hydrogen (secondary N) is 1. The first-order chi connectivity index (χ1) is 7.00. The zero-order chi connectivity index (χ0) is 11.1. The second-order valence-corrected chi connectivity index (χ2v) is 5.33. The highest BCUT2D eigenvalue weighted by molar-refractivity contribution is 7.85. The maximum absolute atomic E-state index is 10.9. The van der Waals surface area contributed by atoms with Gasteiger partial charge in [-0.1, -0.05) is 11.3 Å². The van der Waals surface area contributed by atoms with Crippen molar-refractivity contribution in [1.82, 2.24) is 4.98 Å². The summed E-state index contributed by atoms with van der Waals surface area (Å²) in [5, 5.41) is 3.58. The van der Waals surface area contributed by atoms with Crippen molar-refractivity contribution in [3.63, 3.8) is 0 Å². The zero-order valence-corrected chi connectivity index (χ0v) is 9.39. The molecule has 0 unspecified atom stereocenters. The first kappa shape index (κ1) is 10.3. The minimum absolute atomic E-state index is 0.136. The van der Waals surface area contributed by atoms with Crippen LogP contribution in [0.1, 0.15) is 0 Å². The summed E-state index contributed by atoms with van der Waals surface area (Å²) in [5.41, 5.74) is 0.555. The Bertz CT molecular complexity index is 603. The van der Waals surface area contributed by atoms with E-state index in [1.165, 1.54) is 23.5 Å². The van der Waals surface area contributed by atoms with Crippen LogP contribution in [0.5, 0.6) is 0 Å². The Labute approximate surface area is 90.5 Å². The van der Waals surface area contributed by atoms with Crippen LogP contribution < -0.4 is 5.32 Å². The number of rotatable bonds is 2. The second kappa shape index (κ2) is 3.44. The molecular formula is C8H8N2O3S2. The van der Waals surface area contributed by atoms with Gasteiger partial charge < -0.3 is 5.32 Å². The van der Waals surface area contributed by atoms with Gasteiger partial charge in [0.15, 0.2) is 5.13 Å². The van der Waals surface area contributed by atoms with Gasteiger partial charge in [-0.15, -0.1) is 0 Å². The Morgan fingerprint density at radius 2 is 2.20 bits per heavy atom. The monoisotopic (exact) mass is 244 g/mol. The minimum Gasteiger partial charge on any atom is -0.365 e. The molecule has 2 N–H and O–H groups in total. The van der Waals surface area contributed by atoms with E-state index in [4.69, 9.17) is 4.55 Å². The molecule has 0 radical (unpaired) electrons. The fourth-order valence-electron chi connectivity index (χ4n) is 1.17. The number of aromatic nitrogens is 1.